The number of amidine groups is 1. The Morgan fingerprint density at radius 3 is 2.45 bits per heavy atom. The minimum Gasteiger partial charge on any atom is -0.482 e. The maximum Gasteiger partial charge on any atom is 0.573 e. The molecule has 1 aliphatic heterocycles. The highest BCUT2D eigenvalue weighted by Crippen LogP contribution is 2.37. The number of aliphatic imine (C=N–C) groups is 1. The van der Waals surface area contributed by atoms with E-state index < -0.39 is 36.8 Å². The van der Waals surface area contributed by atoms with Crippen LogP contribution < -0.4 is 24.4 Å². The third-order valence-corrected chi connectivity index (χ3v) is 7.27. The summed E-state index contributed by atoms with van der Waals surface area (Å²) in [6, 6.07) is 12.8. The van der Waals surface area contributed by atoms with Crippen LogP contribution in [0, 0.1) is 6.92 Å². The number of ether oxygens (including phenoxy) is 4. The fraction of sp³-hybridized carbons (Fsp3) is 0.233. The number of amides is 3. The topological polar surface area (TPSA) is 129 Å². The quantitative estimate of drug-likeness (QED) is 0.141. The number of nitrogens with zero attached hydrogens (tertiary/aromatic N) is 5. The van der Waals surface area contributed by atoms with Crippen LogP contribution in [0.1, 0.15) is 5.56 Å². The van der Waals surface area contributed by atoms with Crippen molar-refractivity contribution >= 4 is 40.2 Å². The van der Waals surface area contributed by atoms with E-state index >= 15 is 0 Å². The molecule has 1 fully saturated rings. The molecular weight excluding hydrogens is 686 g/mol. The molecule has 2 heterocycles. The van der Waals surface area contributed by atoms with Crippen molar-refractivity contribution in [2.24, 2.45) is 4.99 Å². The Labute approximate surface area is 277 Å². The van der Waals surface area contributed by atoms with Gasteiger partial charge in [-0.15, -0.1) is 18.3 Å². The number of carbonyl (C=O) groups is 2. The maximum absolute atomic E-state index is 13.1. The second kappa shape index (κ2) is 14.4. The van der Waals surface area contributed by atoms with E-state index in [1.54, 1.807) is 13.0 Å². The zero-order valence-corrected chi connectivity index (χ0v) is 26.2. The summed E-state index contributed by atoms with van der Waals surface area (Å²) in [5.74, 6) is -0.951. The molecule has 1 N–H and O–H groups in total. The first kappa shape index (κ1) is 35.0. The SMILES string of the molecule is COCOc1cc(-c2ncn(-c3ccc(OC(F)(F)F)cc3)n2)ccc1NC(=O)N=C1SCC(=O)N1c1cc(C)ccc1OCC(F)(F)F. The van der Waals surface area contributed by atoms with E-state index in [-0.39, 0.29) is 46.4 Å². The molecule has 1 aromatic heterocycles. The molecule has 0 unspecified atom stereocenters. The van der Waals surface area contributed by atoms with Gasteiger partial charge in [0.15, 0.2) is 24.4 Å². The van der Waals surface area contributed by atoms with Gasteiger partial charge in [-0.05, 0) is 67.1 Å². The number of carbonyl (C=O) groups excluding carboxylic acids is 2. The predicted octanol–water partition coefficient (Wildman–Crippen LogP) is 6.73. The van der Waals surface area contributed by atoms with Gasteiger partial charge in [0.25, 0.3) is 0 Å². The minimum absolute atomic E-state index is 0.00297. The van der Waals surface area contributed by atoms with Gasteiger partial charge < -0.3 is 24.3 Å². The molecule has 1 aliphatic rings. The summed E-state index contributed by atoms with van der Waals surface area (Å²) < 4.78 is 96.8. The molecule has 49 heavy (non-hydrogen) atoms. The molecule has 19 heteroatoms. The highest BCUT2D eigenvalue weighted by atomic mass is 32.2. The smallest absolute Gasteiger partial charge is 0.482 e. The minimum atomic E-state index is -4.83. The van der Waals surface area contributed by atoms with E-state index in [2.05, 4.69) is 25.1 Å². The van der Waals surface area contributed by atoms with Gasteiger partial charge in [0.1, 0.15) is 23.6 Å². The summed E-state index contributed by atoms with van der Waals surface area (Å²) in [4.78, 5) is 35.2. The number of alkyl halides is 6. The predicted molar refractivity (Wildman–Crippen MR) is 165 cm³/mol. The molecule has 12 nitrogen and oxygen atoms in total. The first-order valence-electron chi connectivity index (χ1n) is 13.9. The first-order chi connectivity index (χ1) is 23.2. The molecule has 0 bridgehead atoms. The molecule has 0 aliphatic carbocycles. The van der Waals surface area contributed by atoms with E-state index in [0.29, 0.717) is 16.8 Å². The van der Waals surface area contributed by atoms with Gasteiger partial charge in [-0.2, -0.15) is 18.2 Å². The lowest BCUT2D eigenvalue weighted by Gasteiger charge is -2.21. The average molecular weight is 711 g/mol. The van der Waals surface area contributed by atoms with Crippen LogP contribution in [-0.2, 0) is 9.53 Å². The number of urea groups is 1. The van der Waals surface area contributed by atoms with Crippen LogP contribution in [0.2, 0.25) is 0 Å². The highest BCUT2D eigenvalue weighted by molar-refractivity contribution is 8.15. The molecule has 0 spiro atoms. The van der Waals surface area contributed by atoms with Crippen molar-refractivity contribution in [2.45, 2.75) is 19.5 Å². The molecule has 1 saturated heterocycles. The molecule has 0 radical (unpaired) electrons. The Bertz CT molecular complexity index is 1870. The van der Waals surface area contributed by atoms with Gasteiger partial charge in [0, 0.05) is 12.7 Å². The van der Waals surface area contributed by atoms with Gasteiger partial charge >= 0.3 is 18.6 Å². The Balaban J connectivity index is 1.36. The lowest BCUT2D eigenvalue weighted by molar-refractivity contribution is -0.274. The molecule has 4 aromatic rings. The molecule has 3 aromatic carbocycles. The van der Waals surface area contributed by atoms with Crippen LogP contribution in [0.3, 0.4) is 0 Å². The Morgan fingerprint density at radius 1 is 1.00 bits per heavy atom. The lowest BCUT2D eigenvalue weighted by Crippen LogP contribution is -2.31. The van der Waals surface area contributed by atoms with Crippen molar-refractivity contribution in [1.82, 2.24) is 14.8 Å². The third kappa shape index (κ3) is 9.20. The van der Waals surface area contributed by atoms with E-state index in [4.69, 9.17) is 14.2 Å². The first-order valence-corrected chi connectivity index (χ1v) is 14.9. The summed E-state index contributed by atoms with van der Waals surface area (Å²) in [5, 5.41) is 6.82. The van der Waals surface area contributed by atoms with Crippen LogP contribution in [-0.4, -0.2) is 70.7 Å². The molecule has 0 atom stereocenters. The summed E-state index contributed by atoms with van der Waals surface area (Å²) in [6.45, 7) is -0.135. The monoisotopic (exact) mass is 710 g/mol. The van der Waals surface area contributed by atoms with Crippen molar-refractivity contribution in [3.63, 3.8) is 0 Å². The summed E-state index contributed by atoms with van der Waals surface area (Å²) >= 11 is 0.913. The average Bonchev–Trinajstić information content (AvgIpc) is 3.66. The standard InChI is InChI=1S/C30H24F6N6O6S/c1-17-3-10-23(46-14-29(31,32)33)22(11-17)42-25(43)13-49-28(42)39-27(44)38-21-9-4-18(12-24(21)47-16-45-2)26-37-15-41(40-26)19-5-7-20(8-6-19)48-30(34,35)36/h3-12,15H,13-14,16H2,1-2H3,(H,38,44). The number of hydrogen-bond acceptors (Lipinski definition) is 9. The van der Waals surface area contributed by atoms with Crippen molar-refractivity contribution in [3.05, 3.63) is 72.6 Å². The summed E-state index contributed by atoms with van der Waals surface area (Å²) in [7, 11) is 1.38. The Kier molecular flexibility index (Phi) is 10.3. The van der Waals surface area contributed by atoms with E-state index in [9.17, 15) is 35.9 Å². The van der Waals surface area contributed by atoms with Crippen LogP contribution >= 0.6 is 11.8 Å². The van der Waals surface area contributed by atoms with Crippen LogP contribution in [0.4, 0.5) is 42.5 Å². The highest BCUT2D eigenvalue weighted by Gasteiger charge is 2.35. The van der Waals surface area contributed by atoms with Gasteiger partial charge in [0.2, 0.25) is 5.91 Å². The number of thioether (sulfide) groups is 1. The Morgan fingerprint density at radius 2 is 1.76 bits per heavy atom. The fourth-order valence-electron chi connectivity index (χ4n) is 4.32. The normalized spacial score (nSPS) is 14.3. The number of aryl methyl sites for hydroxylation is 1. The van der Waals surface area contributed by atoms with Crippen LogP contribution in [0.15, 0.2) is 72.0 Å². The number of hydrogen-bond donors (Lipinski definition) is 1. The van der Waals surface area contributed by atoms with Crippen molar-refractivity contribution in [1.29, 1.82) is 0 Å². The number of methoxy groups -OCH3 is 1. The van der Waals surface area contributed by atoms with E-state index in [1.165, 1.54) is 60.6 Å². The Hall–Kier alpha value is -5.30. The van der Waals surface area contributed by atoms with Crippen molar-refractivity contribution in [2.75, 3.05) is 36.5 Å². The van der Waals surface area contributed by atoms with E-state index in [0.717, 1.165) is 28.8 Å². The number of nitrogens with one attached hydrogen (secondary N) is 1. The largest absolute Gasteiger partial charge is 0.573 e. The summed E-state index contributed by atoms with van der Waals surface area (Å²) in [6.07, 6.45) is -8.11. The molecule has 0 saturated carbocycles. The maximum atomic E-state index is 13.1. The van der Waals surface area contributed by atoms with Gasteiger partial charge in [0.05, 0.1) is 22.8 Å². The van der Waals surface area contributed by atoms with Gasteiger partial charge in [-0.25, -0.2) is 14.5 Å². The number of anilines is 2. The molecule has 5 rings (SSSR count). The molecule has 258 valence electrons. The molecule has 3 amide bonds. The van der Waals surface area contributed by atoms with E-state index in [1.807, 2.05) is 0 Å². The number of halogens is 6. The van der Waals surface area contributed by atoms with Crippen molar-refractivity contribution < 1.29 is 54.9 Å². The second-order valence-corrected chi connectivity index (χ2v) is 11.0. The van der Waals surface area contributed by atoms with Gasteiger partial charge in [-0.3, -0.25) is 9.69 Å². The number of benzene rings is 3. The zero-order chi connectivity index (χ0) is 35.3. The zero-order valence-electron chi connectivity index (χ0n) is 25.3. The fourth-order valence-corrected chi connectivity index (χ4v) is 5.18. The lowest BCUT2D eigenvalue weighted by atomic mass is 10.2. The van der Waals surface area contributed by atoms with Crippen molar-refractivity contribution in [3.8, 4) is 34.3 Å². The van der Waals surface area contributed by atoms with Crippen LogP contribution in [0.5, 0.6) is 17.2 Å². The second-order valence-electron chi connectivity index (χ2n) is 10.0. The number of aromatic nitrogens is 3. The van der Waals surface area contributed by atoms with Crippen LogP contribution in [0.25, 0.3) is 17.1 Å². The summed E-state index contributed by atoms with van der Waals surface area (Å²) in [5.41, 5.74) is 1.59. The molecular formula is C30H24F6N6O6S. The van der Waals surface area contributed by atoms with Gasteiger partial charge in [-0.1, -0.05) is 17.8 Å². The number of rotatable bonds is 10. The third-order valence-electron chi connectivity index (χ3n) is 6.35.